The average Bonchev–Trinajstić information content (AvgIpc) is 3.20. The van der Waals surface area contributed by atoms with Crippen molar-refractivity contribution in [2.75, 3.05) is 6.54 Å². The molecule has 0 aliphatic heterocycles. The third-order valence-corrected chi connectivity index (χ3v) is 5.31. The van der Waals surface area contributed by atoms with Crippen LogP contribution in [-0.2, 0) is 30.6 Å². The van der Waals surface area contributed by atoms with E-state index >= 15 is 0 Å². The number of thiophene rings is 1. The molecule has 0 saturated heterocycles. The van der Waals surface area contributed by atoms with Gasteiger partial charge in [0.15, 0.2) is 0 Å². The molecule has 2 nitrogen and oxygen atoms in total. The first-order chi connectivity index (χ1) is 10.8. The molecule has 0 spiro atoms. The van der Waals surface area contributed by atoms with Gasteiger partial charge in [-0.1, -0.05) is 24.3 Å². The van der Waals surface area contributed by atoms with Gasteiger partial charge in [0, 0.05) is 17.8 Å². The summed E-state index contributed by atoms with van der Waals surface area (Å²) in [6.45, 7) is 3.58. The smallest absolute Gasteiger partial charge is 0.223 e. The lowest BCUT2D eigenvalue weighted by molar-refractivity contribution is -0.131. The highest BCUT2D eigenvalue weighted by molar-refractivity contribution is 7.09. The van der Waals surface area contributed by atoms with Crippen LogP contribution in [0.4, 0.5) is 0 Å². The summed E-state index contributed by atoms with van der Waals surface area (Å²) in [5, 5.41) is 2.07. The normalized spacial score (nSPS) is 13.1. The van der Waals surface area contributed by atoms with Crippen LogP contribution in [0.3, 0.4) is 0 Å². The minimum absolute atomic E-state index is 0.261. The molecule has 0 unspecified atom stereocenters. The van der Waals surface area contributed by atoms with Crippen LogP contribution in [0.1, 0.15) is 41.3 Å². The maximum atomic E-state index is 12.4. The summed E-state index contributed by atoms with van der Waals surface area (Å²) >= 11 is 1.72. The van der Waals surface area contributed by atoms with E-state index in [1.54, 1.807) is 11.3 Å². The Morgan fingerprint density at radius 2 is 2.09 bits per heavy atom. The van der Waals surface area contributed by atoms with E-state index < -0.39 is 0 Å². The minimum Gasteiger partial charge on any atom is -0.338 e. The molecule has 1 aromatic carbocycles. The lowest BCUT2D eigenvalue weighted by Crippen LogP contribution is -2.30. The van der Waals surface area contributed by atoms with E-state index in [1.165, 1.54) is 40.8 Å². The molecule has 0 fully saturated rings. The van der Waals surface area contributed by atoms with Gasteiger partial charge in [0.25, 0.3) is 0 Å². The first-order valence-electron chi connectivity index (χ1n) is 8.17. The van der Waals surface area contributed by atoms with Crippen molar-refractivity contribution in [1.82, 2.24) is 4.90 Å². The molecule has 1 aliphatic rings. The van der Waals surface area contributed by atoms with Crippen LogP contribution in [0.5, 0.6) is 0 Å². The molecule has 3 heteroatoms. The molecule has 22 heavy (non-hydrogen) atoms. The number of aryl methyl sites for hydroxylation is 3. The number of amides is 1. The fourth-order valence-electron chi connectivity index (χ4n) is 3.16. The van der Waals surface area contributed by atoms with Gasteiger partial charge < -0.3 is 4.90 Å². The lowest BCUT2D eigenvalue weighted by Gasteiger charge is -2.20. The van der Waals surface area contributed by atoms with Crippen molar-refractivity contribution in [3.63, 3.8) is 0 Å². The molecule has 1 amide bonds. The minimum atomic E-state index is 0.261. The van der Waals surface area contributed by atoms with Gasteiger partial charge in [-0.15, -0.1) is 11.3 Å². The topological polar surface area (TPSA) is 20.3 Å². The van der Waals surface area contributed by atoms with Crippen molar-refractivity contribution in [2.24, 2.45) is 0 Å². The Kier molecular flexibility index (Phi) is 4.94. The molecule has 2 aromatic rings. The van der Waals surface area contributed by atoms with E-state index in [4.69, 9.17) is 0 Å². The summed E-state index contributed by atoms with van der Waals surface area (Å²) in [5.74, 6) is 0.261. The van der Waals surface area contributed by atoms with Gasteiger partial charge in [-0.3, -0.25) is 4.79 Å². The molecule has 1 heterocycles. The van der Waals surface area contributed by atoms with Crippen molar-refractivity contribution in [3.05, 3.63) is 57.3 Å². The molecule has 0 N–H and O–H groups in total. The van der Waals surface area contributed by atoms with Crippen LogP contribution in [-0.4, -0.2) is 17.4 Å². The van der Waals surface area contributed by atoms with Crippen LogP contribution in [0.2, 0.25) is 0 Å². The van der Waals surface area contributed by atoms with Gasteiger partial charge in [-0.05, 0) is 60.7 Å². The van der Waals surface area contributed by atoms with Gasteiger partial charge in [-0.25, -0.2) is 0 Å². The Bertz CT molecular complexity index is 633. The SMILES string of the molecule is CCN(Cc1cccs1)C(=O)CCc1ccc2c(c1)CCC2. The highest BCUT2D eigenvalue weighted by Gasteiger charge is 2.14. The Hall–Kier alpha value is -1.61. The number of hydrogen-bond donors (Lipinski definition) is 0. The average molecular weight is 313 g/mol. The summed E-state index contributed by atoms with van der Waals surface area (Å²) < 4.78 is 0. The Labute approximate surface area is 136 Å². The number of benzene rings is 1. The maximum absolute atomic E-state index is 12.4. The molecule has 0 saturated carbocycles. The van der Waals surface area contributed by atoms with Gasteiger partial charge in [0.1, 0.15) is 0 Å². The van der Waals surface area contributed by atoms with Crippen molar-refractivity contribution < 1.29 is 4.79 Å². The summed E-state index contributed by atoms with van der Waals surface area (Å²) in [4.78, 5) is 15.7. The fraction of sp³-hybridized carbons (Fsp3) is 0.421. The van der Waals surface area contributed by atoms with Crippen molar-refractivity contribution in [1.29, 1.82) is 0 Å². The van der Waals surface area contributed by atoms with E-state index in [2.05, 4.69) is 36.6 Å². The van der Waals surface area contributed by atoms with Crippen molar-refractivity contribution >= 4 is 17.2 Å². The monoisotopic (exact) mass is 313 g/mol. The third kappa shape index (κ3) is 3.58. The summed E-state index contributed by atoms with van der Waals surface area (Å²) in [6, 6.07) is 10.9. The predicted octanol–water partition coefficient (Wildman–Crippen LogP) is 4.22. The number of nitrogens with zero attached hydrogens (tertiary/aromatic N) is 1. The van der Waals surface area contributed by atoms with E-state index in [1.807, 2.05) is 11.0 Å². The van der Waals surface area contributed by atoms with Crippen molar-refractivity contribution in [3.8, 4) is 0 Å². The summed E-state index contributed by atoms with van der Waals surface area (Å²) in [5.41, 5.74) is 4.31. The van der Waals surface area contributed by atoms with E-state index in [-0.39, 0.29) is 5.91 Å². The van der Waals surface area contributed by atoms with Gasteiger partial charge in [0.05, 0.1) is 6.54 Å². The lowest BCUT2D eigenvalue weighted by atomic mass is 10.0. The Balaban J connectivity index is 1.56. The summed E-state index contributed by atoms with van der Waals surface area (Å²) in [7, 11) is 0. The van der Waals surface area contributed by atoms with E-state index in [9.17, 15) is 4.79 Å². The second-order valence-electron chi connectivity index (χ2n) is 5.94. The van der Waals surface area contributed by atoms with Crippen LogP contribution < -0.4 is 0 Å². The summed E-state index contributed by atoms with van der Waals surface area (Å²) in [6.07, 6.45) is 5.17. The number of carbonyl (C=O) groups excluding carboxylic acids is 1. The van der Waals surface area contributed by atoms with Crippen LogP contribution in [0.15, 0.2) is 35.7 Å². The van der Waals surface area contributed by atoms with Crippen molar-refractivity contribution in [2.45, 2.75) is 45.6 Å². The molecule has 1 aromatic heterocycles. The number of fused-ring (bicyclic) bond motifs is 1. The third-order valence-electron chi connectivity index (χ3n) is 4.45. The molecule has 0 atom stereocenters. The molecule has 3 rings (SSSR count). The zero-order valence-corrected chi connectivity index (χ0v) is 14.0. The van der Waals surface area contributed by atoms with Crippen LogP contribution in [0, 0.1) is 0 Å². The highest BCUT2D eigenvalue weighted by Crippen LogP contribution is 2.23. The first kappa shape index (κ1) is 15.3. The zero-order chi connectivity index (χ0) is 15.4. The fourth-order valence-corrected chi connectivity index (χ4v) is 3.88. The van der Waals surface area contributed by atoms with E-state index in [0.29, 0.717) is 6.42 Å². The molecule has 1 aliphatic carbocycles. The largest absolute Gasteiger partial charge is 0.338 e. The van der Waals surface area contributed by atoms with Gasteiger partial charge in [-0.2, -0.15) is 0 Å². The maximum Gasteiger partial charge on any atom is 0.223 e. The predicted molar refractivity (Wildman–Crippen MR) is 92.2 cm³/mol. The number of rotatable bonds is 6. The molecule has 116 valence electrons. The first-order valence-corrected chi connectivity index (χ1v) is 9.05. The second-order valence-corrected chi connectivity index (χ2v) is 6.98. The molecule has 0 radical (unpaired) electrons. The number of hydrogen-bond acceptors (Lipinski definition) is 2. The van der Waals surface area contributed by atoms with Gasteiger partial charge in [0.2, 0.25) is 5.91 Å². The van der Waals surface area contributed by atoms with E-state index in [0.717, 1.165) is 19.5 Å². The quantitative estimate of drug-likeness (QED) is 0.782. The molecular formula is C19H23NOS. The second kappa shape index (κ2) is 7.10. The standard InChI is InChI=1S/C19H23NOS/c1-2-20(14-18-7-4-12-22-18)19(21)11-9-15-8-10-16-5-3-6-17(16)13-15/h4,7-8,10,12-13H,2-3,5-6,9,11,14H2,1H3. The van der Waals surface area contributed by atoms with Gasteiger partial charge >= 0.3 is 0 Å². The Morgan fingerprint density at radius 3 is 2.86 bits per heavy atom. The highest BCUT2D eigenvalue weighted by atomic mass is 32.1. The Morgan fingerprint density at radius 1 is 1.23 bits per heavy atom. The van der Waals surface area contributed by atoms with Crippen LogP contribution in [0.25, 0.3) is 0 Å². The number of carbonyl (C=O) groups is 1. The molecular weight excluding hydrogens is 290 g/mol. The molecule has 0 bridgehead atoms. The van der Waals surface area contributed by atoms with Crippen LogP contribution >= 0.6 is 11.3 Å². The zero-order valence-electron chi connectivity index (χ0n) is 13.2.